The molecule has 0 amide bonds. The molecular weight excluding hydrogens is 314 g/mol. The van der Waals surface area contributed by atoms with E-state index < -0.39 is 0 Å². The maximum Gasteiger partial charge on any atom is 0.142 e. The first-order valence-corrected chi connectivity index (χ1v) is 9.76. The van der Waals surface area contributed by atoms with E-state index in [1.165, 1.54) is 21.7 Å². The lowest BCUT2D eigenvalue weighted by molar-refractivity contribution is 0.270. The number of allylic oxidation sites excluding steroid dienone is 2. The Morgan fingerprint density at radius 2 is 2.17 bits per heavy atom. The van der Waals surface area contributed by atoms with E-state index in [9.17, 15) is 0 Å². The zero-order chi connectivity index (χ0) is 16.7. The Bertz CT molecular complexity index is 761. The molecule has 3 unspecified atom stereocenters. The molecule has 0 bridgehead atoms. The normalized spacial score (nSPS) is 24.6. The molecule has 1 aromatic heterocycles. The molecule has 0 saturated carbocycles. The monoisotopic (exact) mass is 339 g/mol. The number of fused-ring (bicyclic) bond motifs is 3. The predicted molar refractivity (Wildman–Crippen MR) is 102 cm³/mol. The van der Waals surface area contributed by atoms with E-state index in [4.69, 9.17) is 4.74 Å². The molecule has 1 aliphatic heterocycles. The van der Waals surface area contributed by atoms with Crippen molar-refractivity contribution < 1.29 is 4.74 Å². The first kappa shape index (κ1) is 15.8. The largest absolute Gasteiger partial charge is 0.491 e. The second kappa shape index (κ2) is 6.29. The number of aryl methyl sites for hydroxylation is 1. The summed E-state index contributed by atoms with van der Waals surface area (Å²) in [6.07, 6.45) is 5.90. The van der Waals surface area contributed by atoms with Crippen molar-refractivity contribution in [3.63, 3.8) is 0 Å². The Balaban J connectivity index is 1.74. The molecule has 0 saturated heterocycles. The van der Waals surface area contributed by atoms with Crippen LogP contribution in [0.2, 0.25) is 0 Å². The predicted octanol–water partition coefficient (Wildman–Crippen LogP) is 5.92. The number of hydrogen-bond acceptors (Lipinski definition) is 3. The summed E-state index contributed by atoms with van der Waals surface area (Å²) < 4.78 is 6.13. The maximum atomic E-state index is 6.13. The molecule has 0 fully saturated rings. The lowest BCUT2D eigenvalue weighted by atomic mass is 9.78. The first-order chi connectivity index (χ1) is 11.6. The van der Waals surface area contributed by atoms with Crippen molar-refractivity contribution in [2.75, 3.05) is 11.9 Å². The fraction of sp³-hybridized carbons (Fsp3) is 0.429. The number of nitrogens with one attached hydrogen (secondary N) is 1. The summed E-state index contributed by atoms with van der Waals surface area (Å²) in [5.41, 5.74) is 3.98. The number of anilines is 1. The Kier molecular flexibility index (Phi) is 4.13. The second-order valence-corrected chi connectivity index (χ2v) is 8.32. The third-order valence-corrected chi connectivity index (χ3v) is 6.22. The minimum atomic E-state index is 0.376. The average Bonchev–Trinajstić information content (AvgIpc) is 3.21. The number of rotatable bonds is 4. The van der Waals surface area contributed by atoms with Gasteiger partial charge in [0.25, 0.3) is 0 Å². The van der Waals surface area contributed by atoms with Crippen molar-refractivity contribution in [1.29, 1.82) is 0 Å². The van der Waals surface area contributed by atoms with Crippen LogP contribution in [0.1, 0.15) is 48.2 Å². The molecule has 0 radical (unpaired) electrons. The second-order valence-electron chi connectivity index (χ2n) is 7.37. The van der Waals surface area contributed by atoms with Gasteiger partial charge in [-0.2, -0.15) is 0 Å². The number of hydrogen-bond donors (Lipinski definition) is 1. The van der Waals surface area contributed by atoms with E-state index in [1.807, 2.05) is 11.3 Å². The molecule has 1 aliphatic carbocycles. The highest BCUT2D eigenvalue weighted by Crippen LogP contribution is 2.53. The number of ether oxygens (including phenoxy) is 1. The van der Waals surface area contributed by atoms with Gasteiger partial charge in [0.1, 0.15) is 5.75 Å². The number of thiophene rings is 1. The van der Waals surface area contributed by atoms with Gasteiger partial charge >= 0.3 is 0 Å². The molecule has 2 nitrogen and oxygen atoms in total. The van der Waals surface area contributed by atoms with Crippen LogP contribution in [0.5, 0.6) is 5.75 Å². The molecule has 3 heteroatoms. The van der Waals surface area contributed by atoms with Gasteiger partial charge < -0.3 is 10.1 Å². The molecule has 0 spiro atoms. The molecular formula is C21H25NOS. The zero-order valence-electron chi connectivity index (χ0n) is 14.6. The SMILES string of the molecule is Cc1ccsc1C1Nc2c(OCC(C)C)cccc2C2C=CCC21. The minimum Gasteiger partial charge on any atom is -0.491 e. The highest BCUT2D eigenvalue weighted by atomic mass is 32.1. The van der Waals surface area contributed by atoms with Crippen LogP contribution >= 0.6 is 11.3 Å². The molecule has 24 heavy (non-hydrogen) atoms. The Morgan fingerprint density at radius 3 is 2.92 bits per heavy atom. The van der Waals surface area contributed by atoms with Crippen molar-refractivity contribution in [3.05, 3.63) is 57.8 Å². The van der Waals surface area contributed by atoms with Crippen molar-refractivity contribution in [2.24, 2.45) is 11.8 Å². The average molecular weight is 340 g/mol. The third kappa shape index (κ3) is 2.65. The smallest absolute Gasteiger partial charge is 0.142 e. The summed E-state index contributed by atoms with van der Waals surface area (Å²) in [5.74, 6) is 2.63. The number of para-hydroxylation sites is 1. The third-order valence-electron chi connectivity index (χ3n) is 5.11. The van der Waals surface area contributed by atoms with Gasteiger partial charge in [-0.1, -0.05) is 38.1 Å². The lowest BCUT2D eigenvalue weighted by Crippen LogP contribution is -2.29. The van der Waals surface area contributed by atoms with Gasteiger partial charge in [-0.25, -0.2) is 0 Å². The van der Waals surface area contributed by atoms with Crippen LogP contribution in [-0.4, -0.2) is 6.61 Å². The fourth-order valence-electron chi connectivity index (χ4n) is 3.93. The minimum absolute atomic E-state index is 0.376. The van der Waals surface area contributed by atoms with Gasteiger partial charge in [-0.3, -0.25) is 0 Å². The molecule has 3 atom stereocenters. The standard InChI is InChI=1S/C21H25NOS/c1-13(2)12-23-18-9-5-8-16-15-6-4-7-17(15)20(22-19(16)18)21-14(3)10-11-24-21/h4-6,8-11,13,15,17,20,22H,7,12H2,1-3H3. The Labute approximate surface area is 148 Å². The first-order valence-electron chi connectivity index (χ1n) is 8.88. The van der Waals surface area contributed by atoms with E-state index in [0.29, 0.717) is 23.8 Å². The van der Waals surface area contributed by atoms with E-state index in [-0.39, 0.29) is 0 Å². The molecule has 1 aromatic carbocycles. The van der Waals surface area contributed by atoms with E-state index in [0.717, 1.165) is 18.8 Å². The van der Waals surface area contributed by atoms with Crippen molar-refractivity contribution in [1.82, 2.24) is 0 Å². The van der Waals surface area contributed by atoms with Gasteiger partial charge in [0.2, 0.25) is 0 Å². The lowest BCUT2D eigenvalue weighted by Gasteiger charge is -2.38. The highest BCUT2D eigenvalue weighted by molar-refractivity contribution is 7.10. The summed E-state index contributed by atoms with van der Waals surface area (Å²) in [6, 6.07) is 9.11. The molecule has 4 rings (SSSR count). The zero-order valence-corrected chi connectivity index (χ0v) is 15.4. The summed E-state index contributed by atoms with van der Waals surface area (Å²) in [4.78, 5) is 1.47. The van der Waals surface area contributed by atoms with E-state index in [2.05, 4.69) is 67.9 Å². The Hall–Kier alpha value is -1.74. The summed E-state index contributed by atoms with van der Waals surface area (Å²) >= 11 is 1.87. The van der Waals surface area contributed by atoms with Crippen LogP contribution in [0.4, 0.5) is 5.69 Å². The maximum absolute atomic E-state index is 6.13. The van der Waals surface area contributed by atoms with Gasteiger partial charge in [0.15, 0.2) is 0 Å². The topological polar surface area (TPSA) is 21.3 Å². The van der Waals surface area contributed by atoms with Crippen LogP contribution in [0, 0.1) is 18.8 Å². The molecule has 126 valence electrons. The quantitative estimate of drug-likeness (QED) is 0.698. The van der Waals surface area contributed by atoms with Crippen molar-refractivity contribution in [2.45, 2.75) is 39.2 Å². The van der Waals surface area contributed by atoms with Gasteiger partial charge in [-0.15, -0.1) is 11.3 Å². The van der Waals surface area contributed by atoms with Crippen LogP contribution < -0.4 is 10.1 Å². The van der Waals surface area contributed by atoms with Crippen LogP contribution in [0.3, 0.4) is 0 Å². The van der Waals surface area contributed by atoms with Gasteiger partial charge in [0.05, 0.1) is 18.3 Å². The summed E-state index contributed by atoms with van der Waals surface area (Å²) in [5, 5.41) is 6.06. The van der Waals surface area contributed by atoms with Crippen LogP contribution in [-0.2, 0) is 0 Å². The van der Waals surface area contributed by atoms with Crippen molar-refractivity contribution in [3.8, 4) is 5.75 Å². The van der Waals surface area contributed by atoms with E-state index >= 15 is 0 Å². The fourth-order valence-corrected chi connectivity index (χ4v) is 4.99. The summed E-state index contributed by atoms with van der Waals surface area (Å²) in [7, 11) is 0. The number of benzene rings is 1. The molecule has 2 aliphatic rings. The molecule has 2 aromatic rings. The highest BCUT2D eigenvalue weighted by Gasteiger charge is 2.39. The van der Waals surface area contributed by atoms with Crippen LogP contribution in [0.15, 0.2) is 41.8 Å². The Morgan fingerprint density at radius 1 is 1.29 bits per heavy atom. The van der Waals surface area contributed by atoms with Gasteiger partial charge in [0, 0.05) is 10.8 Å². The van der Waals surface area contributed by atoms with Crippen molar-refractivity contribution >= 4 is 17.0 Å². The van der Waals surface area contributed by atoms with Gasteiger partial charge in [-0.05, 0) is 53.8 Å². The van der Waals surface area contributed by atoms with E-state index in [1.54, 1.807) is 0 Å². The summed E-state index contributed by atoms with van der Waals surface area (Å²) in [6.45, 7) is 7.36. The van der Waals surface area contributed by atoms with Crippen LogP contribution in [0.25, 0.3) is 0 Å². The molecule has 1 N–H and O–H groups in total. The molecule has 2 heterocycles.